The number of hydrogen-bond donors (Lipinski definition) is 2. The Bertz CT molecular complexity index is 1110. The molecule has 0 bridgehead atoms. The molecule has 0 aliphatic carbocycles. The van der Waals surface area contributed by atoms with Crippen LogP contribution in [0.5, 0.6) is 0 Å². The van der Waals surface area contributed by atoms with Gasteiger partial charge in [0.25, 0.3) is 0 Å². The van der Waals surface area contributed by atoms with E-state index >= 15 is 0 Å². The van der Waals surface area contributed by atoms with Gasteiger partial charge in [0, 0.05) is 38.5 Å². The van der Waals surface area contributed by atoms with Gasteiger partial charge in [-0.1, -0.05) is 24.3 Å². The quantitative estimate of drug-likeness (QED) is 0.690. The highest BCUT2D eigenvalue weighted by Gasteiger charge is 2.19. The van der Waals surface area contributed by atoms with E-state index in [0.717, 1.165) is 59.7 Å². The summed E-state index contributed by atoms with van der Waals surface area (Å²) < 4.78 is 0. The van der Waals surface area contributed by atoms with Crippen LogP contribution in [0.1, 0.15) is 29.3 Å². The zero-order valence-corrected chi connectivity index (χ0v) is 18.1. The van der Waals surface area contributed by atoms with Crippen molar-refractivity contribution in [2.24, 2.45) is 0 Å². The predicted molar refractivity (Wildman–Crippen MR) is 125 cm³/mol. The van der Waals surface area contributed by atoms with Crippen molar-refractivity contribution in [1.82, 2.24) is 15.1 Å². The SMILES string of the molecule is CC(=O)Nc1cc2c(/C=C/c3ccc(C)c(C)c3)n[nH]c2cc1N1CCN(C)CC1. The molecular formula is C24H29N5O. The van der Waals surface area contributed by atoms with Gasteiger partial charge in [0.2, 0.25) is 5.91 Å². The molecule has 0 unspecified atom stereocenters. The summed E-state index contributed by atoms with van der Waals surface area (Å²) in [5, 5.41) is 11.7. The highest BCUT2D eigenvalue weighted by molar-refractivity contribution is 6.00. The van der Waals surface area contributed by atoms with Crippen LogP contribution in [-0.4, -0.2) is 54.2 Å². The summed E-state index contributed by atoms with van der Waals surface area (Å²) in [6.07, 6.45) is 4.10. The number of benzene rings is 2. The fraction of sp³-hybridized carbons (Fsp3) is 0.333. The summed E-state index contributed by atoms with van der Waals surface area (Å²) in [6.45, 7) is 9.66. The molecule has 2 N–H and O–H groups in total. The van der Waals surface area contributed by atoms with Gasteiger partial charge >= 0.3 is 0 Å². The predicted octanol–water partition coefficient (Wildman–Crippen LogP) is 4.06. The molecule has 1 aliphatic heterocycles. The number of nitrogens with one attached hydrogen (secondary N) is 2. The molecule has 1 saturated heterocycles. The lowest BCUT2D eigenvalue weighted by molar-refractivity contribution is -0.114. The lowest BCUT2D eigenvalue weighted by Crippen LogP contribution is -2.44. The topological polar surface area (TPSA) is 64.3 Å². The largest absolute Gasteiger partial charge is 0.367 e. The van der Waals surface area contributed by atoms with Gasteiger partial charge in [-0.05, 0) is 55.8 Å². The minimum absolute atomic E-state index is 0.0690. The van der Waals surface area contributed by atoms with E-state index in [1.54, 1.807) is 6.92 Å². The first-order valence-corrected chi connectivity index (χ1v) is 10.4. The smallest absolute Gasteiger partial charge is 0.221 e. The summed E-state index contributed by atoms with van der Waals surface area (Å²) in [6, 6.07) is 10.6. The number of piperazine rings is 1. The van der Waals surface area contributed by atoms with Gasteiger partial charge in [0.05, 0.1) is 22.6 Å². The number of carbonyl (C=O) groups is 1. The Balaban J connectivity index is 1.70. The maximum Gasteiger partial charge on any atom is 0.221 e. The van der Waals surface area contributed by atoms with Crippen LogP contribution >= 0.6 is 0 Å². The van der Waals surface area contributed by atoms with E-state index in [4.69, 9.17) is 0 Å². The number of hydrogen-bond acceptors (Lipinski definition) is 4. The van der Waals surface area contributed by atoms with E-state index in [0.29, 0.717) is 0 Å². The zero-order chi connectivity index (χ0) is 21.3. The van der Waals surface area contributed by atoms with Gasteiger partial charge in [-0.3, -0.25) is 9.89 Å². The Labute approximate surface area is 177 Å². The first-order chi connectivity index (χ1) is 14.4. The van der Waals surface area contributed by atoms with Crippen molar-refractivity contribution >= 4 is 40.3 Å². The number of aromatic nitrogens is 2. The molecule has 3 aromatic rings. The number of carbonyl (C=O) groups excluding carboxylic acids is 1. The van der Waals surface area contributed by atoms with E-state index in [-0.39, 0.29) is 5.91 Å². The average molecular weight is 404 g/mol. The fourth-order valence-electron chi connectivity index (χ4n) is 3.84. The second-order valence-corrected chi connectivity index (χ2v) is 8.17. The Morgan fingerprint density at radius 2 is 1.83 bits per heavy atom. The lowest BCUT2D eigenvalue weighted by Gasteiger charge is -2.35. The average Bonchev–Trinajstić information content (AvgIpc) is 3.10. The summed E-state index contributed by atoms with van der Waals surface area (Å²) in [7, 11) is 2.14. The molecule has 2 heterocycles. The molecule has 1 amide bonds. The number of aryl methyl sites for hydroxylation is 2. The second kappa shape index (κ2) is 8.32. The molecule has 1 aromatic heterocycles. The van der Waals surface area contributed by atoms with Crippen LogP contribution in [0.3, 0.4) is 0 Å². The molecule has 0 atom stereocenters. The minimum Gasteiger partial charge on any atom is -0.367 e. The molecular weight excluding hydrogens is 374 g/mol. The summed E-state index contributed by atoms with van der Waals surface area (Å²) in [4.78, 5) is 16.5. The third-order valence-corrected chi connectivity index (χ3v) is 5.83. The molecule has 0 saturated carbocycles. The normalized spacial score (nSPS) is 15.3. The van der Waals surface area contributed by atoms with Crippen molar-refractivity contribution in [1.29, 1.82) is 0 Å². The van der Waals surface area contributed by atoms with E-state index in [1.165, 1.54) is 11.1 Å². The number of rotatable bonds is 4. The van der Waals surface area contributed by atoms with Crippen molar-refractivity contribution < 1.29 is 4.79 Å². The molecule has 156 valence electrons. The summed E-state index contributed by atoms with van der Waals surface area (Å²) in [5.41, 5.74) is 7.41. The van der Waals surface area contributed by atoms with E-state index in [1.807, 2.05) is 12.1 Å². The summed E-state index contributed by atoms with van der Waals surface area (Å²) in [5.74, 6) is -0.0690. The van der Waals surface area contributed by atoms with Crippen LogP contribution < -0.4 is 10.2 Å². The molecule has 1 fully saturated rings. The van der Waals surface area contributed by atoms with E-state index in [9.17, 15) is 4.79 Å². The molecule has 6 nitrogen and oxygen atoms in total. The van der Waals surface area contributed by atoms with Gasteiger partial charge in [0.15, 0.2) is 0 Å². The van der Waals surface area contributed by atoms with E-state index in [2.05, 4.69) is 76.6 Å². The van der Waals surface area contributed by atoms with Gasteiger partial charge in [-0.25, -0.2) is 0 Å². The highest BCUT2D eigenvalue weighted by atomic mass is 16.1. The Kier molecular flexibility index (Phi) is 5.59. The first kappa shape index (κ1) is 20.2. The highest BCUT2D eigenvalue weighted by Crippen LogP contribution is 2.33. The second-order valence-electron chi connectivity index (χ2n) is 8.17. The van der Waals surface area contributed by atoms with Crippen molar-refractivity contribution in [3.63, 3.8) is 0 Å². The van der Waals surface area contributed by atoms with Crippen molar-refractivity contribution in [3.8, 4) is 0 Å². The monoisotopic (exact) mass is 403 g/mol. The number of likely N-dealkylation sites (N-methyl/N-ethyl adjacent to an activating group) is 1. The number of anilines is 2. The van der Waals surface area contributed by atoms with Crippen LogP contribution in [0.4, 0.5) is 11.4 Å². The Hall–Kier alpha value is -3.12. The van der Waals surface area contributed by atoms with Gasteiger partial charge in [0.1, 0.15) is 0 Å². The van der Waals surface area contributed by atoms with Gasteiger partial charge < -0.3 is 15.1 Å². The van der Waals surface area contributed by atoms with Crippen LogP contribution in [0.2, 0.25) is 0 Å². The number of H-pyrrole nitrogens is 1. The molecule has 6 heteroatoms. The zero-order valence-electron chi connectivity index (χ0n) is 18.1. The lowest BCUT2D eigenvalue weighted by atomic mass is 10.1. The van der Waals surface area contributed by atoms with Crippen LogP contribution in [0, 0.1) is 13.8 Å². The maximum absolute atomic E-state index is 11.9. The Morgan fingerprint density at radius 1 is 1.07 bits per heavy atom. The minimum atomic E-state index is -0.0690. The molecule has 0 radical (unpaired) electrons. The van der Waals surface area contributed by atoms with Crippen molar-refractivity contribution in [3.05, 3.63) is 52.7 Å². The molecule has 30 heavy (non-hydrogen) atoms. The molecule has 0 spiro atoms. The number of fused-ring (bicyclic) bond motifs is 1. The third kappa shape index (κ3) is 4.24. The molecule has 2 aromatic carbocycles. The first-order valence-electron chi connectivity index (χ1n) is 10.4. The standard InChI is InChI=1S/C24H29N5O/c1-16-5-6-19(13-17(16)2)7-8-21-20-14-23(25-18(3)30)24(15-22(20)27-26-21)29-11-9-28(4)10-12-29/h5-8,13-15H,9-12H2,1-4H3,(H,25,30)(H,26,27)/b8-7+. The van der Waals surface area contributed by atoms with Gasteiger partial charge in [-0.15, -0.1) is 0 Å². The van der Waals surface area contributed by atoms with Crippen LogP contribution in [-0.2, 0) is 4.79 Å². The number of aromatic amines is 1. The number of nitrogens with zero attached hydrogens (tertiary/aromatic N) is 3. The third-order valence-electron chi connectivity index (χ3n) is 5.83. The van der Waals surface area contributed by atoms with Crippen LogP contribution in [0.15, 0.2) is 30.3 Å². The maximum atomic E-state index is 11.9. The van der Waals surface area contributed by atoms with E-state index < -0.39 is 0 Å². The number of amides is 1. The van der Waals surface area contributed by atoms with Crippen molar-refractivity contribution in [2.45, 2.75) is 20.8 Å². The fourth-order valence-corrected chi connectivity index (χ4v) is 3.84. The molecule has 4 rings (SSSR count). The van der Waals surface area contributed by atoms with Crippen molar-refractivity contribution in [2.75, 3.05) is 43.4 Å². The van der Waals surface area contributed by atoms with Crippen LogP contribution in [0.25, 0.3) is 23.1 Å². The Morgan fingerprint density at radius 3 is 2.53 bits per heavy atom. The summed E-state index contributed by atoms with van der Waals surface area (Å²) >= 11 is 0. The van der Waals surface area contributed by atoms with Gasteiger partial charge in [-0.2, -0.15) is 5.10 Å². The molecule has 1 aliphatic rings.